The summed E-state index contributed by atoms with van der Waals surface area (Å²) in [6, 6.07) is -0.385. The number of piperidine rings is 1. The number of rotatable bonds is 3. The Morgan fingerprint density at radius 3 is 2.46 bits per heavy atom. The molecule has 3 heterocycles. The molecule has 3 aliphatic heterocycles. The molecule has 9 heteroatoms. The van der Waals surface area contributed by atoms with Crippen molar-refractivity contribution in [1.82, 2.24) is 20.9 Å². The van der Waals surface area contributed by atoms with Crippen LogP contribution in [0, 0.1) is 11.8 Å². The second kappa shape index (κ2) is 9.20. The molecule has 1 unspecified atom stereocenters. The molecule has 3 amide bonds. The summed E-state index contributed by atoms with van der Waals surface area (Å²) in [6.45, 7) is 6.11. The van der Waals surface area contributed by atoms with Crippen molar-refractivity contribution in [1.29, 1.82) is 0 Å². The minimum absolute atomic E-state index is 0. The highest BCUT2D eigenvalue weighted by Crippen LogP contribution is 2.30. The SMILES string of the molecule is CN=C(NCC1CCOCC1)N1CCC(C2(C)NC(=O)NC2=O)CC1.I. The molecule has 0 aliphatic carbocycles. The van der Waals surface area contributed by atoms with Crippen LogP contribution in [-0.4, -0.2) is 68.2 Å². The number of hydrogen-bond acceptors (Lipinski definition) is 4. The van der Waals surface area contributed by atoms with Crippen LogP contribution in [0.1, 0.15) is 32.6 Å². The largest absolute Gasteiger partial charge is 0.381 e. The number of halogens is 1. The van der Waals surface area contributed by atoms with E-state index in [0.717, 1.165) is 64.5 Å². The number of imide groups is 1. The molecule has 3 rings (SSSR count). The lowest BCUT2D eigenvalue weighted by atomic mass is 9.79. The molecule has 3 N–H and O–H groups in total. The van der Waals surface area contributed by atoms with E-state index in [1.165, 1.54) is 0 Å². The molecule has 8 nitrogen and oxygen atoms in total. The molecule has 0 aromatic heterocycles. The lowest BCUT2D eigenvalue weighted by Crippen LogP contribution is -2.55. The van der Waals surface area contributed by atoms with Gasteiger partial charge in [-0.15, -0.1) is 24.0 Å². The van der Waals surface area contributed by atoms with E-state index in [-0.39, 0.29) is 41.8 Å². The highest BCUT2D eigenvalue weighted by Gasteiger charge is 2.48. The average Bonchev–Trinajstić information content (AvgIpc) is 2.90. The number of likely N-dealkylation sites (tertiary alicyclic amines) is 1. The number of carbonyl (C=O) groups is 2. The van der Waals surface area contributed by atoms with E-state index in [1.807, 2.05) is 14.0 Å². The molecule has 0 aromatic rings. The lowest BCUT2D eigenvalue weighted by molar-refractivity contribution is -0.125. The predicted octanol–water partition coefficient (Wildman–Crippen LogP) is 0.916. The first-order valence-electron chi connectivity index (χ1n) is 9.20. The quantitative estimate of drug-likeness (QED) is 0.242. The van der Waals surface area contributed by atoms with Crippen molar-refractivity contribution < 1.29 is 14.3 Å². The van der Waals surface area contributed by atoms with Crippen LogP contribution in [0.3, 0.4) is 0 Å². The maximum atomic E-state index is 12.1. The first kappa shape index (κ1) is 21.2. The molecule has 3 saturated heterocycles. The minimum atomic E-state index is -0.789. The number of urea groups is 1. The highest BCUT2D eigenvalue weighted by atomic mass is 127. The summed E-state index contributed by atoms with van der Waals surface area (Å²) in [7, 11) is 1.81. The summed E-state index contributed by atoms with van der Waals surface area (Å²) in [6.07, 6.45) is 3.89. The van der Waals surface area contributed by atoms with Crippen molar-refractivity contribution in [2.75, 3.05) is 39.9 Å². The summed E-state index contributed by atoms with van der Waals surface area (Å²) >= 11 is 0. The standard InChI is InChI=1S/C17H29N5O3.HI/c1-17(14(23)20-16(24)21-17)13-3-7-22(8-4-13)15(18-2)19-11-12-5-9-25-10-6-12;/h12-13H,3-11H2,1-2H3,(H,18,19)(H2,20,21,23,24);1H. The Labute approximate surface area is 171 Å². The van der Waals surface area contributed by atoms with E-state index in [4.69, 9.17) is 4.74 Å². The smallest absolute Gasteiger partial charge is 0.322 e. The van der Waals surface area contributed by atoms with Gasteiger partial charge in [0.25, 0.3) is 5.91 Å². The maximum absolute atomic E-state index is 12.1. The zero-order valence-corrected chi connectivity index (χ0v) is 17.9. The molecule has 26 heavy (non-hydrogen) atoms. The van der Waals surface area contributed by atoms with Gasteiger partial charge in [0, 0.05) is 39.9 Å². The van der Waals surface area contributed by atoms with Gasteiger partial charge in [0.15, 0.2) is 5.96 Å². The third-order valence-electron chi connectivity index (χ3n) is 5.78. The van der Waals surface area contributed by atoms with Gasteiger partial charge in [-0.25, -0.2) is 4.79 Å². The molecular formula is C17H30IN5O3. The Bertz CT molecular complexity index is 545. The van der Waals surface area contributed by atoms with Gasteiger partial charge >= 0.3 is 6.03 Å². The van der Waals surface area contributed by atoms with Crippen molar-refractivity contribution in [3.63, 3.8) is 0 Å². The number of nitrogens with zero attached hydrogens (tertiary/aromatic N) is 2. The summed E-state index contributed by atoms with van der Waals surface area (Å²) in [5.41, 5.74) is -0.789. The molecule has 148 valence electrons. The fourth-order valence-electron chi connectivity index (χ4n) is 4.03. The summed E-state index contributed by atoms with van der Waals surface area (Å²) < 4.78 is 5.40. The van der Waals surface area contributed by atoms with E-state index >= 15 is 0 Å². The molecule has 0 aromatic carbocycles. The van der Waals surface area contributed by atoms with Gasteiger partial charge in [0.1, 0.15) is 5.54 Å². The number of guanidine groups is 1. The van der Waals surface area contributed by atoms with Gasteiger partial charge in [0.2, 0.25) is 0 Å². The van der Waals surface area contributed by atoms with Crippen molar-refractivity contribution in [2.45, 2.75) is 38.1 Å². The normalized spacial score (nSPS) is 28.4. The fraction of sp³-hybridized carbons (Fsp3) is 0.824. The Morgan fingerprint density at radius 1 is 1.27 bits per heavy atom. The minimum Gasteiger partial charge on any atom is -0.381 e. The topological polar surface area (TPSA) is 95.1 Å². The van der Waals surface area contributed by atoms with Crippen LogP contribution in [0.5, 0.6) is 0 Å². The Kier molecular flexibility index (Phi) is 7.51. The first-order chi connectivity index (χ1) is 12.0. The van der Waals surface area contributed by atoms with Crippen LogP contribution < -0.4 is 16.0 Å². The van der Waals surface area contributed by atoms with Crippen molar-refractivity contribution >= 4 is 41.9 Å². The van der Waals surface area contributed by atoms with E-state index in [1.54, 1.807) is 0 Å². The van der Waals surface area contributed by atoms with Gasteiger partial charge < -0.3 is 20.3 Å². The summed E-state index contributed by atoms with van der Waals surface area (Å²) in [5.74, 6) is 1.50. The first-order valence-corrected chi connectivity index (χ1v) is 9.20. The number of hydrogen-bond donors (Lipinski definition) is 3. The van der Waals surface area contributed by atoms with Gasteiger partial charge in [0.05, 0.1) is 0 Å². The summed E-state index contributed by atoms with van der Waals surface area (Å²) in [4.78, 5) is 30.2. The number of ether oxygens (including phenoxy) is 1. The maximum Gasteiger partial charge on any atom is 0.322 e. The fourth-order valence-corrected chi connectivity index (χ4v) is 4.03. The summed E-state index contributed by atoms with van der Waals surface area (Å²) in [5, 5.41) is 8.65. The van der Waals surface area contributed by atoms with Crippen LogP contribution in [0.2, 0.25) is 0 Å². The predicted molar refractivity (Wildman–Crippen MR) is 110 cm³/mol. The number of aliphatic imine (C=N–C) groups is 1. The van der Waals surface area contributed by atoms with Gasteiger partial charge in [-0.3, -0.25) is 15.1 Å². The van der Waals surface area contributed by atoms with E-state index in [9.17, 15) is 9.59 Å². The van der Waals surface area contributed by atoms with Gasteiger partial charge in [-0.2, -0.15) is 0 Å². The lowest BCUT2D eigenvalue weighted by Gasteiger charge is -2.40. The van der Waals surface area contributed by atoms with Gasteiger partial charge in [-0.1, -0.05) is 0 Å². The zero-order valence-electron chi connectivity index (χ0n) is 15.5. The second-order valence-corrected chi connectivity index (χ2v) is 7.36. The van der Waals surface area contributed by atoms with Crippen LogP contribution in [-0.2, 0) is 9.53 Å². The average molecular weight is 479 g/mol. The number of carbonyl (C=O) groups excluding carboxylic acids is 2. The number of amides is 3. The third-order valence-corrected chi connectivity index (χ3v) is 5.78. The second-order valence-electron chi connectivity index (χ2n) is 7.36. The van der Waals surface area contributed by atoms with E-state index < -0.39 is 5.54 Å². The van der Waals surface area contributed by atoms with Crippen LogP contribution in [0.15, 0.2) is 4.99 Å². The molecular weight excluding hydrogens is 449 g/mol. The molecule has 3 fully saturated rings. The molecule has 0 spiro atoms. The van der Waals surface area contributed by atoms with Crippen LogP contribution in [0.25, 0.3) is 0 Å². The highest BCUT2D eigenvalue weighted by molar-refractivity contribution is 14.0. The molecule has 0 bridgehead atoms. The Balaban J connectivity index is 0.00000243. The molecule has 0 saturated carbocycles. The van der Waals surface area contributed by atoms with Crippen molar-refractivity contribution in [3.8, 4) is 0 Å². The molecule has 1 atom stereocenters. The number of nitrogens with one attached hydrogen (secondary N) is 3. The van der Waals surface area contributed by atoms with Crippen molar-refractivity contribution in [2.24, 2.45) is 16.8 Å². The van der Waals surface area contributed by atoms with Crippen molar-refractivity contribution in [3.05, 3.63) is 0 Å². The third kappa shape index (κ3) is 4.59. The molecule has 0 radical (unpaired) electrons. The Hall–Kier alpha value is -1.10. The van der Waals surface area contributed by atoms with Crippen LogP contribution in [0.4, 0.5) is 4.79 Å². The zero-order chi connectivity index (χ0) is 17.9. The van der Waals surface area contributed by atoms with E-state index in [0.29, 0.717) is 5.92 Å². The molecule has 3 aliphatic rings. The monoisotopic (exact) mass is 479 g/mol. The Morgan fingerprint density at radius 2 is 1.92 bits per heavy atom. The van der Waals surface area contributed by atoms with Gasteiger partial charge in [-0.05, 0) is 44.4 Å². The van der Waals surface area contributed by atoms with E-state index in [2.05, 4.69) is 25.8 Å². The van der Waals surface area contributed by atoms with Crippen LogP contribution >= 0.6 is 24.0 Å².